The first-order valence-electron chi connectivity index (χ1n) is 5.13. The van der Waals surface area contributed by atoms with Crippen molar-refractivity contribution in [2.75, 3.05) is 11.9 Å². The minimum Gasteiger partial charge on any atom is -0.388 e. The van der Waals surface area contributed by atoms with Gasteiger partial charge in [0.2, 0.25) is 0 Å². The van der Waals surface area contributed by atoms with E-state index in [4.69, 9.17) is 0 Å². The van der Waals surface area contributed by atoms with Crippen LogP contribution in [0.15, 0.2) is 24.3 Å². The molecule has 0 bridgehead atoms. The Bertz CT molecular complexity index is 323. The predicted octanol–water partition coefficient (Wildman–Crippen LogP) is 3.11. The van der Waals surface area contributed by atoms with Crippen LogP contribution in [0.4, 0.5) is 5.69 Å². The highest BCUT2D eigenvalue weighted by atomic mass is 127. The number of halogens is 1. The Kier molecular flexibility index (Phi) is 4.40. The van der Waals surface area contributed by atoms with Crippen LogP contribution in [0.5, 0.6) is 0 Å². The molecule has 0 aliphatic heterocycles. The molecule has 0 aromatic heterocycles. The van der Waals surface area contributed by atoms with E-state index >= 15 is 0 Å². The van der Waals surface area contributed by atoms with Crippen molar-refractivity contribution in [2.24, 2.45) is 5.92 Å². The third-order valence-corrected chi connectivity index (χ3v) is 3.39. The summed E-state index contributed by atoms with van der Waals surface area (Å²) in [6.07, 6.45) is 0. The van der Waals surface area contributed by atoms with Crippen LogP contribution in [0.3, 0.4) is 0 Å². The normalized spacial score (nSPS) is 15.1. The van der Waals surface area contributed by atoms with Gasteiger partial charge in [0.05, 0.1) is 5.60 Å². The minimum atomic E-state index is -0.665. The highest BCUT2D eigenvalue weighted by Crippen LogP contribution is 2.18. The number of hydrogen-bond donors (Lipinski definition) is 2. The lowest BCUT2D eigenvalue weighted by Crippen LogP contribution is -2.38. The summed E-state index contributed by atoms with van der Waals surface area (Å²) in [6, 6.07) is 8.13. The van der Waals surface area contributed by atoms with Crippen molar-refractivity contribution in [1.29, 1.82) is 0 Å². The molecule has 0 radical (unpaired) electrons. The fraction of sp³-hybridized carbons (Fsp3) is 0.500. The molecule has 2 N–H and O–H groups in total. The molecule has 2 nitrogen and oxygen atoms in total. The number of nitrogens with one attached hydrogen (secondary N) is 1. The molecule has 1 unspecified atom stereocenters. The van der Waals surface area contributed by atoms with E-state index in [-0.39, 0.29) is 5.92 Å². The average molecular weight is 319 g/mol. The summed E-state index contributed by atoms with van der Waals surface area (Å²) in [5.41, 5.74) is 0.393. The van der Waals surface area contributed by atoms with E-state index in [0.29, 0.717) is 6.54 Å². The van der Waals surface area contributed by atoms with Gasteiger partial charge < -0.3 is 10.4 Å². The van der Waals surface area contributed by atoms with Crippen molar-refractivity contribution in [3.8, 4) is 0 Å². The lowest BCUT2D eigenvalue weighted by Gasteiger charge is -2.28. The number of anilines is 1. The first-order valence-corrected chi connectivity index (χ1v) is 6.21. The van der Waals surface area contributed by atoms with Gasteiger partial charge in [0, 0.05) is 15.8 Å². The van der Waals surface area contributed by atoms with Gasteiger partial charge in [0.15, 0.2) is 0 Å². The van der Waals surface area contributed by atoms with Gasteiger partial charge in [-0.2, -0.15) is 0 Å². The van der Waals surface area contributed by atoms with E-state index in [1.54, 1.807) is 0 Å². The Labute approximate surface area is 105 Å². The number of rotatable bonds is 4. The number of benzene rings is 1. The highest BCUT2D eigenvalue weighted by molar-refractivity contribution is 14.1. The average Bonchev–Trinajstić information content (AvgIpc) is 2.15. The molecule has 0 amide bonds. The van der Waals surface area contributed by atoms with Crippen LogP contribution >= 0.6 is 22.6 Å². The number of hydrogen-bond acceptors (Lipinski definition) is 2. The Hall–Kier alpha value is -0.290. The predicted molar refractivity (Wildman–Crippen MR) is 73.1 cm³/mol. The molecular formula is C12H18INO. The molecule has 0 aliphatic rings. The van der Waals surface area contributed by atoms with E-state index in [9.17, 15) is 5.11 Å². The molecule has 0 aliphatic carbocycles. The first kappa shape index (κ1) is 12.8. The van der Waals surface area contributed by atoms with Crippen molar-refractivity contribution in [2.45, 2.75) is 26.4 Å². The SMILES string of the molecule is CC(C)C(C)(O)CNc1cccc(I)c1. The highest BCUT2D eigenvalue weighted by Gasteiger charge is 2.24. The lowest BCUT2D eigenvalue weighted by molar-refractivity contribution is 0.0266. The first-order chi connectivity index (χ1) is 6.92. The molecule has 1 aromatic rings. The van der Waals surface area contributed by atoms with Gasteiger partial charge in [-0.1, -0.05) is 19.9 Å². The molecule has 1 atom stereocenters. The van der Waals surface area contributed by atoms with Gasteiger partial charge in [0.25, 0.3) is 0 Å². The molecule has 0 fully saturated rings. The van der Waals surface area contributed by atoms with Crippen LogP contribution in [0, 0.1) is 9.49 Å². The van der Waals surface area contributed by atoms with Crippen LogP contribution < -0.4 is 5.32 Å². The second-order valence-electron chi connectivity index (χ2n) is 4.38. The van der Waals surface area contributed by atoms with E-state index in [2.05, 4.69) is 34.0 Å². The maximum atomic E-state index is 10.1. The van der Waals surface area contributed by atoms with Gasteiger partial charge in [0.1, 0.15) is 0 Å². The summed E-state index contributed by atoms with van der Waals surface area (Å²) in [4.78, 5) is 0. The molecular weight excluding hydrogens is 301 g/mol. The largest absolute Gasteiger partial charge is 0.388 e. The Morgan fingerprint density at radius 1 is 1.47 bits per heavy atom. The molecule has 84 valence electrons. The standard InChI is InChI=1S/C12H18INO/c1-9(2)12(3,15)8-14-11-6-4-5-10(13)7-11/h4-7,9,14-15H,8H2,1-3H3. The van der Waals surface area contributed by atoms with Gasteiger partial charge >= 0.3 is 0 Å². The fourth-order valence-electron chi connectivity index (χ4n) is 1.08. The van der Waals surface area contributed by atoms with Crippen molar-refractivity contribution < 1.29 is 5.11 Å². The van der Waals surface area contributed by atoms with Gasteiger partial charge in [-0.05, 0) is 53.6 Å². The zero-order valence-corrected chi connectivity index (χ0v) is 11.6. The summed E-state index contributed by atoms with van der Waals surface area (Å²) >= 11 is 2.28. The van der Waals surface area contributed by atoms with E-state index in [0.717, 1.165) is 5.69 Å². The van der Waals surface area contributed by atoms with Crippen molar-refractivity contribution in [1.82, 2.24) is 0 Å². The van der Waals surface area contributed by atoms with E-state index < -0.39 is 5.60 Å². The van der Waals surface area contributed by atoms with Crippen LogP contribution in [-0.4, -0.2) is 17.3 Å². The summed E-state index contributed by atoms with van der Waals surface area (Å²) in [5, 5.41) is 13.3. The third-order valence-electron chi connectivity index (χ3n) is 2.72. The monoisotopic (exact) mass is 319 g/mol. The van der Waals surface area contributed by atoms with Crippen LogP contribution in [0.25, 0.3) is 0 Å². The second kappa shape index (κ2) is 5.16. The molecule has 0 saturated carbocycles. The summed E-state index contributed by atoms with van der Waals surface area (Å²) in [5.74, 6) is 0.243. The number of aliphatic hydroxyl groups is 1. The molecule has 0 saturated heterocycles. The molecule has 0 spiro atoms. The second-order valence-corrected chi connectivity index (χ2v) is 5.62. The van der Waals surface area contributed by atoms with Gasteiger partial charge in [-0.25, -0.2) is 0 Å². The fourth-order valence-corrected chi connectivity index (χ4v) is 1.63. The van der Waals surface area contributed by atoms with Crippen LogP contribution in [0.1, 0.15) is 20.8 Å². The Balaban J connectivity index is 2.57. The van der Waals surface area contributed by atoms with Gasteiger partial charge in [-0.15, -0.1) is 0 Å². The van der Waals surface area contributed by atoms with Crippen molar-refractivity contribution >= 4 is 28.3 Å². The maximum absolute atomic E-state index is 10.1. The summed E-state index contributed by atoms with van der Waals surface area (Å²) in [6.45, 7) is 6.48. The van der Waals surface area contributed by atoms with Gasteiger partial charge in [-0.3, -0.25) is 0 Å². The molecule has 15 heavy (non-hydrogen) atoms. The zero-order valence-electron chi connectivity index (χ0n) is 9.42. The van der Waals surface area contributed by atoms with Crippen LogP contribution in [0.2, 0.25) is 0 Å². The summed E-state index contributed by atoms with van der Waals surface area (Å²) < 4.78 is 1.20. The van der Waals surface area contributed by atoms with Crippen molar-refractivity contribution in [3.05, 3.63) is 27.8 Å². The Morgan fingerprint density at radius 2 is 2.13 bits per heavy atom. The molecule has 1 rings (SSSR count). The third kappa shape index (κ3) is 3.99. The summed E-state index contributed by atoms with van der Waals surface area (Å²) in [7, 11) is 0. The minimum absolute atomic E-state index is 0.243. The molecule has 0 heterocycles. The van der Waals surface area contributed by atoms with Crippen molar-refractivity contribution in [3.63, 3.8) is 0 Å². The maximum Gasteiger partial charge on any atom is 0.0813 e. The molecule has 1 aromatic carbocycles. The molecule has 3 heteroatoms. The Morgan fingerprint density at radius 3 is 2.67 bits per heavy atom. The topological polar surface area (TPSA) is 32.3 Å². The van der Waals surface area contributed by atoms with E-state index in [1.807, 2.05) is 39.0 Å². The zero-order chi connectivity index (χ0) is 11.5. The smallest absolute Gasteiger partial charge is 0.0813 e. The van der Waals surface area contributed by atoms with E-state index in [1.165, 1.54) is 3.57 Å². The lowest BCUT2D eigenvalue weighted by atomic mass is 9.92. The van der Waals surface area contributed by atoms with Crippen LogP contribution in [-0.2, 0) is 0 Å². The quantitative estimate of drug-likeness (QED) is 0.836.